The molecule has 1 aliphatic rings. The van der Waals surface area contributed by atoms with Crippen molar-refractivity contribution >= 4 is 22.0 Å². The van der Waals surface area contributed by atoms with Gasteiger partial charge in [0.05, 0.1) is 19.3 Å². The van der Waals surface area contributed by atoms with Gasteiger partial charge in [-0.1, -0.05) is 0 Å². The molecular weight excluding hydrogens is 242 g/mol. The van der Waals surface area contributed by atoms with Gasteiger partial charge in [-0.15, -0.1) is 11.3 Å². The third kappa shape index (κ3) is 1.91. The lowest BCUT2D eigenvalue weighted by atomic mass is 10.3. The quantitative estimate of drug-likeness (QED) is 0.673. The van der Waals surface area contributed by atoms with Crippen LogP contribution in [0.2, 0.25) is 0 Å². The normalized spacial score (nSPS) is 23.8. The number of thiophene rings is 1. The maximum Gasteiger partial charge on any atom is 0.177 e. The zero-order valence-corrected chi connectivity index (χ0v) is 10.1. The smallest absolute Gasteiger partial charge is 0.177 e. The molecule has 2 heterocycles. The maximum atomic E-state index is 9.50. The molecule has 7 heteroatoms. The van der Waals surface area contributed by atoms with Crippen LogP contribution in [-0.4, -0.2) is 42.6 Å². The number of methoxy groups -OCH3 is 1. The van der Waals surface area contributed by atoms with Crippen molar-refractivity contribution in [1.29, 1.82) is 5.26 Å². The number of hydrogen-bond acceptors (Lipinski definition) is 7. The monoisotopic (exact) mass is 255 g/mol. The van der Waals surface area contributed by atoms with Gasteiger partial charge in [-0.2, -0.15) is 5.26 Å². The summed E-state index contributed by atoms with van der Waals surface area (Å²) in [6, 6.07) is 2.00. The van der Waals surface area contributed by atoms with Crippen LogP contribution in [0.4, 0.5) is 10.7 Å². The van der Waals surface area contributed by atoms with Crippen LogP contribution in [0.5, 0.6) is 5.75 Å². The van der Waals surface area contributed by atoms with Gasteiger partial charge in [-0.05, 0) is 0 Å². The topological polar surface area (TPSA) is 103 Å². The van der Waals surface area contributed by atoms with Gasteiger partial charge in [0, 0.05) is 13.1 Å². The van der Waals surface area contributed by atoms with Crippen LogP contribution in [0.25, 0.3) is 0 Å². The van der Waals surface area contributed by atoms with Crippen molar-refractivity contribution in [3.8, 4) is 11.8 Å². The zero-order chi connectivity index (χ0) is 12.6. The van der Waals surface area contributed by atoms with Gasteiger partial charge < -0.3 is 25.6 Å². The Balaban J connectivity index is 2.36. The number of nitrogens with zero attached hydrogens (tertiary/aromatic N) is 2. The summed E-state index contributed by atoms with van der Waals surface area (Å²) in [5, 5.41) is 28.6. The number of anilines is 2. The number of nitriles is 1. The van der Waals surface area contributed by atoms with E-state index in [1.807, 2.05) is 6.07 Å². The summed E-state index contributed by atoms with van der Waals surface area (Å²) in [4.78, 5) is 2.16. The third-order valence-corrected chi connectivity index (χ3v) is 3.89. The zero-order valence-electron chi connectivity index (χ0n) is 9.25. The molecule has 0 bridgehead atoms. The first-order valence-corrected chi connectivity index (χ1v) is 5.87. The van der Waals surface area contributed by atoms with Crippen LogP contribution in [0.1, 0.15) is 4.88 Å². The molecule has 2 atom stereocenters. The van der Waals surface area contributed by atoms with Crippen molar-refractivity contribution in [2.75, 3.05) is 30.8 Å². The van der Waals surface area contributed by atoms with Crippen LogP contribution in [0.15, 0.2) is 0 Å². The lowest BCUT2D eigenvalue weighted by Gasteiger charge is -2.16. The average molecular weight is 255 g/mol. The predicted octanol–water partition coefficient (Wildman–Crippen LogP) is -0.248. The summed E-state index contributed by atoms with van der Waals surface area (Å²) in [6.45, 7) is 0.616. The standard InChI is InChI=1S/C10H13N3O3S/c1-16-9-8(12)7(2-11)17-10(9)13-3-5(14)6(15)4-13/h5-6,14-15H,3-4,12H2,1H3. The summed E-state index contributed by atoms with van der Waals surface area (Å²) in [7, 11) is 1.48. The molecule has 17 heavy (non-hydrogen) atoms. The molecule has 2 unspecified atom stereocenters. The molecule has 1 aromatic heterocycles. The van der Waals surface area contributed by atoms with Crippen LogP contribution < -0.4 is 15.4 Å². The summed E-state index contributed by atoms with van der Waals surface area (Å²) in [5.74, 6) is 0.438. The van der Waals surface area contributed by atoms with E-state index in [-0.39, 0.29) is 0 Å². The van der Waals surface area contributed by atoms with Crippen molar-refractivity contribution in [2.24, 2.45) is 0 Å². The largest absolute Gasteiger partial charge is 0.492 e. The Bertz CT molecular complexity index is 458. The Labute approximate surface area is 102 Å². The predicted molar refractivity (Wildman–Crippen MR) is 64.2 cm³/mol. The van der Waals surface area contributed by atoms with Crippen molar-refractivity contribution in [1.82, 2.24) is 0 Å². The van der Waals surface area contributed by atoms with Gasteiger partial charge in [-0.3, -0.25) is 0 Å². The Morgan fingerprint density at radius 1 is 1.47 bits per heavy atom. The van der Waals surface area contributed by atoms with E-state index in [1.165, 1.54) is 18.4 Å². The second-order valence-electron chi connectivity index (χ2n) is 3.83. The van der Waals surface area contributed by atoms with E-state index in [1.54, 1.807) is 4.90 Å². The summed E-state index contributed by atoms with van der Waals surface area (Å²) < 4.78 is 5.17. The maximum absolute atomic E-state index is 9.50. The van der Waals surface area contributed by atoms with Gasteiger partial charge in [-0.25, -0.2) is 0 Å². The highest BCUT2D eigenvalue weighted by atomic mass is 32.1. The van der Waals surface area contributed by atoms with E-state index in [4.69, 9.17) is 15.7 Å². The summed E-state index contributed by atoms with van der Waals surface area (Å²) in [5.41, 5.74) is 6.08. The van der Waals surface area contributed by atoms with Crippen molar-refractivity contribution in [3.05, 3.63) is 4.88 Å². The van der Waals surface area contributed by atoms with Crippen LogP contribution in [-0.2, 0) is 0 Å². The number of aliphatic hydroxyl groups is 2. The summed E-state index contributed by atoms with van der Waals surface area (Å²) in [6.07, 6.45) is -1.57. The Hall–Kier alpha value is -1.49. The Kier molecular flexibility index (Phi) is 3.11. The van der Waals surface area contributed by atoms with E-state index < -0.39 is 12.2 Å². The van der Waals surface area contributed by atoms with Gasteiger partial charge in [0.15, 0.2) is 5.75 Å². The first-order chi connectivity index (χ1) is 8.08. The highest BCUT2D eigenvalue weighted by molar-refractivity contribution is 7.17. The molecule has 1 fully saturated rings. The molecule has 1 saturated heterocycles. The molecule has 4 N–H and O–H groups in total. The summed E-state index contributed by atoms with van der Waals surface area (Å²) >= 11 is 1.20. The Morgan fingerprint density at radius 3 is 2.53 bits per heavy atom. The molecule has 2 rings (SSSR count). The number of aliphatic hydroxyl groups excluding tert-OH is 2. The van der Waals surface area contributed by atoms with Crippen molar-refractivity contribution in [2.45, 2.75) is 12.2 Å². The lowest BCUT2D eigenvalue weighted by molar-refractivity contribution is 0.0572. The van der Waals surface area contributed by atoms with Gasteiger partial charge in [0.2, 0.25) is 0 Å². The second kappa shape index (κ2) is 4.41. The van der Waals surface area contributed by atoms with Crippen molar-refractivity contribution < 1.29 is 14.9 Å². The van der Waals surface area contributed by atoms with Crippen LogP contribution in [0, 0.1) is 11.3 Å². The van der Waals surface area contributed by atoms with Crippen molar-refractivity contribution in [3.63, 3.8) is 0 Å². The van der Waals surface area contributed by atoms with Gasteiger partial charge >= 0.3 is 0 Å². The molecule has 0 spiro atoms. The fourth-order valence-electron chi connectivity index (χ4n) is 1.84. The molecule has 1 aromatic rings. The number of ether oxygens (including phenoxy) is 1. The first kappa shape index (κ1) is 12.0. The molecule has 6 nitrogen and oxygen atoms in total. The molecule has 0 saturated carbocycles. The molecule has 0 radical (unpaired) electrons. The molecule has 1 aliphatic heterocycles. The molecule has 0 aliphatic carbocycles. The number of nitrogen functional groups attached to an aromatic ring is 1. The minimum Gasteiger partial charge on any atom is -0.492 e. The van der Waals surface area contributed by atoms with E-state index in [9.17, 15) is 10.2 Å². The van der Waals surface area contributed by atoms with Gasteiger partial charge in [0.25, 0.3) is 0 Å². The minimum atomic E-state index is -0.784. The number of nitrogens with two attached hydrogens (primary N) is 1. The molecule has 0 aromatic carbocycles. The number of hydrogen-bond donors (Lipinski definition) is 3. The molecular formula is C10H13N3O3S. The van der Waals surface area contributed by atoms with E-state index >= 15 is 0 Å². The fraction of sp³-hybridized carbons (Fsp3) is 0.500. The molecule has 0 amide bonds. The van der Waals surface area contributed by atoms with Gasteiger partial charge in [0.1, 0.15) is 21.6 Å². The fourth-order valence-corrected chi connectivity index (χ4v) is 2.85. The number of β-amino-alcohol motifs (C(OH)–C–C–N with tert-alkyl or cyclic N) is 2. The van der Waals surface area contributed by atoms with E-state index in [2.05, 4.69) is 0 Å². The average Bonchev–Trinajstić information content (AvgIpc) is 2.80. The second-order valence-corrected chi connectivity index (χ2v) is 4.83. The first-order valence-electron chi connectivity index (χ1n) is 5.06. The van der Waals surface area contributed by atoms with Crippen LogP contribution >= 0.6 is 11.3 Å². The number of rotatable bonds is 2. The van der Waals surface area contributed by atoms with E-state index in [0.717, 1.165) is 0 Å². The highest BCUT2D eigenvalue weighted by Gasteiger charge is 2.33. The molecule has 92 valence electrons. The minimum absolute atomic E-state index is 0.308. The lowest BCUT2D eigenvalue weighted by Crippen LogP contribution is -2.22. The highest BCUT2D eigenvalue weighted by Crippen LogP contribution is 2.45. The SMILES string of the molecule is COc1c(N2CC(O)C(O)C2)sc(C#N)c1N. The van der Waals surface area contributed by atoms with E-state index in [0.29, 0.717) is 34.4 Å². The van der Waals surface area contributed by atoms with Crippen LogP contribution in [0.3, 0.4) is 0 Å². The Morgan fingerprint density at radius 2 is 2.06 bits per heavy atom. The third-order valence-electron chi connectivity index (χ3n) is 2.73.